The minimum Gasteiger partial charge on any atom is -0.298 e. The van der Waals surface area contributed by atoms with Crippen LogP contribution < -0.4 is 5.32 Å². The summed E-state index contributed by atoms with van der Waals surface area (Å²) in [6.45, 7) is 9.31. The molecule has 8 heteroatoms. The molecule has 1 aliphatic rings. The van der Waals surface area contributed by atoms with Crippen LogP contribution in [0.5, 0.6) is 0 Å². The van der Waals surface area contributed by atoms with Gasteiger partial charge in [0.15, 0.2) is 5.13 Å². The van der Waals surface area contributed by atoms with Gasteiger partial charge in [-0.2, -0.15) is 4.31 Å². The average Bonchev–Trinajstić information content (AvgIpc) is 3.21. The van der Waals surface area contributed by atoms with Crippen molar-refractivity contribution in [2.24, 2.45) is 11.8 Å². The Bertz CT molecular complexity index is 1260. The molecule has 1 amide bonds. The summed E-state index contributed by atoms with van der Waals surface area (Å²) < 4.78 is 27.7. The van der Waals surface area contributed by atoms with E-state index in [0.29, 0.717) is 35.6 Å². The molecular weight excluding hydrogens is 454 g/mol. The molecule has 0 radical (unpaired) electrons. The van der Waals surface area contributed by atoms with Crippen LogP contribution in [0, 0.1) is 25.7 Å². The van der Waals surface area contributed by atoms with E-state index in [4.69, 9.17) is 0 Å². The zero-order valence-electron chi connectivity index (χ0n) is 19.3. The van der Waals surface area contributed by atoms with E-state index in [0.717, 1.165) is 23.2 Å². The lowest BCUT2D eigenvalue weighted by Gasteiger charge is -2.34. The van der Waals surface area contributed by atoms with E-state index in [9.17, 15) is 13.2 Å². The molecule has 33 heavy (non-hydrogen) atoms. The Kier molecular flexibility index (Phi) is 6.70. The molecule has 174 valence electrons. The van der Waals surface area contributed by atoms with Crippen molar-refractivity contribution in [2.45, 2.75) is 39.0 Å². The number of aryl methyl sites for hydroxylation is 2. The highest BCUT2D eigenvalue weighted by atomic mass is 32.2. The van der Waals surface area contributed by atoms with Crippen molar-refractivity contribution in [3.05, 3.63) is 64.5 Å². The number of carbonyl (C=O) groups is 1. The van der Waals surface area contributed by atoms with Crippen molar-refractivity contribution in [1.29, 1.82) is 0 Å². The highest BCUT2D eigenvalue weighted by Crippen LogP contribution is 2.29. The highest BCUT2D eigenvalue weighted by Gasteiger charge is 2.31. The predicted molar refractivity (Wildman–Crippen MR) is 133 cm³/mol. The van der Waals surface area contributed by atoms with Crippen LogP contribution in [0.2, 0.25) is 0 Å². The minimum atomic E-state index is -3.57. The van der Waals surface area contributed by atoms with Gasteiger partial charge in [0, 0.05) is 29.6 Å². The van der Waals surface area contributed by atoms with Crippen molar-refractivity contribution in [1.82, 2.24) is 9.29 Å². The second kappa shape index (κ2) is 9.37. The fourth-order valence-electron chi connectivity index (χ4n) is 4.45. The van der Waals surface area contributed by atoms with E-state index >= 15 is 0 Å². The number of nitrogens with zero attached hydrogens (tertiary/aromatic N) is 2. The van der Waals surface area contributed by atoms with Gasteiger partial charge in [0.05, 0.1) is 10.6 Å². The fraction of sp³-hybridized carbons (Fsp3) is 0.360. The Morgan fingerprint density at radius 3 is 2.36 bits per heavy atom. The number of sulfonamides is 1. The zero-order chi connectivity index (χ0) is 23.8. The lowest BCUT2D eigenvalue weighted by atomic mass is 9.94. The molecule has 2 aromatic carbocycles. The molecule has 0 spiro atoms. The van der Waals surface area contributed by atoms with Crippen LogP contribution in [0.1, 0.15) is 41.8 Å². The minimum absolute atomic E-state index is 0.215. The van der Waals surface area contributed by atoms with Gasteiger partial charge in [0.2, 0.25) is 10.0 Å². The molecule has 0 saturated carbocycles. The van der Waals surface area contributed by atoms with Crippen molar-refractivity contribution in [3.63, 3.8) is 0 Å². The van der Waals surface area contributed by atoms with Gasteiger partial charge in [0.25, 0.3) is 5.91 Å². The third-order valence-corrected chi connectivity index (χ3v) is 8.58. The van der Waals surface area contributed by atoms with Gasteiger partial charge in [-0.25, -0.2) is 13.4 Å². The summed E-state index contributed by atoms with van der Waals surface area (Å²) in [7, 11) is -3.57. The number of amides is 1. The SMILES string of the molecule is Cc1ccc(-c2csc(NC(=O)c3ccc(S(=O)(=O)N4C[C@H](C)C[C@H](C)C4)cc3)n2)c(C)c1. The number of hydrogen-bond donors (Lipinski definition) is 1. The summed E-state index contributed by atoms with van der Waals surface area (Å²) >= 11 is 1.36. The van der Waals surface area contributed by atoms with Crippen LogP contribution in [0.4, 0.5) is 5.13 Å². The first-order valence-electron chi connectivity index (χ1n) is 11.1. The Morgan fingerprint density at radius 1 is 1.06 bits per heavy atom. The summed E-state index contributed by atoms with van der Waals surface area (Å²) in [6.07, 6.45) is 1.03. The number of nitrogens with one attached hydrogen (secondary N) is 1. The summed E-state index contributed by atoms with van der Waals surface area (Å²) in [5.41, 5.74) is 4.56. The Morgan fingerprint density at radius 2 is 1.73 bits per heavy atom. The average molecular weight is 484 g/mol. The van der Waals surface area contributed by atoms with Crippen LogP contribution >= 0.6 is 11.3 Å². The van der Waals surface area contributed by atoms with Gasteiger partial charge in [-0.1, -0.05) is 37.6 Å². The molecule has 2 heterocycles. The maximum absolute atomic E-state index is 13.1. The predicted octanol–water partition coefficient (Wildman–Crippen LogP) is 5.35. The molecular formula is C25H29N3O3S2. The van der Waals surface area contributed by atoms with Crippen molar-refractivity contribution < 1.29 is 13.2 Å². The Hall–Kier alpha value is -2.55. The summed E-state index contributed by atoms with van der Waals surface area (Å²) in [5.74, 6) is 0.349. The van der Waals surface area contributed by atoms with Gasteiger partial charge in [-0.3, -0.25) is 10.1 Å². The molecule has 1 aliphatic heterocycles. The molecule has 3 aromatic rings. The van der Waals surface area contributed by atoms with Crippen molar-refractivity contribution in [2.75, 3.05) is 18.4 Å². The van der Waals surface area contributed by atoms with Gasteiger partial charge in [-0.05, 0) is 61.9 Å². The van der Waals surface area contributed by atoms with Crippen molar-refractivity contribution >= 4 is 32.4 Å². The van der Waals surface area contributed by atoms with E-state index in [1.807, 2.05) is 31.4 Å². The van der Waals surface area contributed by atoms with Crippen LogP contribution in [0.15, 0.2) is 52.7 Å². The quantitative estimate of drug-likeness (QED) is 0.531. The third-order valence-electron chi connectivity index (χ3n) is 5.97. The molecule has 0 aliphatic carbocycles. The largest absolute Gasteiger partial charge is 0.298 e. The molecule has 0 unspecified atom stereocenters. The van der Waals surface area contributed by atoms with Crippen LogP contribution in [-0.2, 0) is 10.0 Å². The number of rotatable bonds is 5. The molecule has 4 rings (SSSR count). The smallest absolute Gasteiger partial charge is 0.257 e. The number of hydrogen-bond acceptors (Lipinski definition) is 5. The van der Waals surface area contributed by atoms with E-state index in [1.54, 1.807) is 16.4 Å². The number of benzene rings is 2. The maximum Gasteiger partial charge on any atom is 0.257 e. The molecule has 1 fully saturated rings. The molecule has 1 saturated heterocycles. The number of piperidine rings is 1. The third kappa shape index (κ3) is 5.18. The van der Waals surface area contributed by atoms with E-state index in [-0.39, 0.29) is 10.8 Å². The monoisotopic (exact) mass is 483 g/mol. The van der Waals surface area contributed by atoms with Crippen LogP contribution in [0.3, 0.4) is 0 Å². The van der Waals surface area contributed by atoms with Gasteiger partial charge in [0.1, 0.15) is 0 Å². The molecule has 2 atom stereocenters. The molecule has 1 aromatic heterocycles. The molecule has 0 bridgehead atoms. The van der Waals surface area contributed by atoms with Gasteiger partial charge in [-0.15, -0.1) is 11.3 Å². The lowest BCUT2D eigenvalue weighted by Crippen LogP contribution is -2.42. The van der Waals surface area contributed by atoms with Gasteiger partial charge < -0.3 is 0 Å². The summed E-state index contributed by atoms with van der Waals surface area (Å²) in [4.78, 5) is 17.5. The number of thiazole rings is 1. The topological polar surface area (TPSA) is 79.4 Å². The first kappa shape index (κ1) is 23.6. The summed E-state index contributed by atoms with van der Waals surface area (Å²) in [5, 5.41) is 5.24. The second-order valence-electron chi connectivity index (χ2n) is 9.10. The number of anilines is 1. The molecule has 6 nitrogen and oxygen atoms in total. The van der Waals surface area contributed by atoms with Crippen molar-refractivity contribution in [3.8, 4) is 11.3 Å². The van der Waals surface area contributed by atoms with Crippen LogP contribution in [0.25, 0.3) is 11.3 Å². The zero-order valence-corrected chi connectivity index (χ0v) is 21.0. The standard InChI is InChI=1S/C25H29N3O3S2/c1-16-5-10-22(19(4)12-16)23-15-32-25(26-23)27-24(29)20-6-8-21(9-7-20)33(30,31)28-13-17(2)11-18(3)14-28/h5-10,12,15,17-18H,11,13-14H2,1-4H3,(H,26,27,29)/t17-,18+. The Labute approximate surface area is 199 Å². The first-order valence-corrected chi connectivity index (χ1v) is 13.4. The Balaban J connectivity index is 1.46. The molecule has 1 N–H and O–H groups in total. The summed E-state index contributed by atoms with van der Waals surface area (Å²) in [6, 6.07) is 12.3. The lowest BCUT2D eigenvalue weighted by molar-refractivity contribution is 0.102. The first-order chi connectivity index (χ1) is 15.6. The van der Waals surface area contributed by atoms with E-state index < -0.39 is 10.0 Å². The number of carbonyl (C=O) groups excluding carboxylic acids is 1. The van der Waals surface area contributed by atoms with E-state index in [2.05, 4.69) is 30.2 Å². The van der Waals surface area contributed by atoms with E-state index in [1.165, 1.54) is 29.0 Å². The number of aromatic nitrogens is 1. The maximum atomic E-state index is 13.1. The second-order valence-corrected chi connectivity index (χ2v) is 11.9. The normalized spacial score (nSPS) is 19.4. The van der Waals surface area contributed by atoms with Crippen LogP contribution in [-0.4, -0.2) is 36.7 Å². The fourth-order valence-corrected chi connectivity index (χ4v) is 6.84. The van der Waals surface area contributed by atoms with Gasteiger partial charge >= 0.3 is 0 Å². The highest BCUT2D eigenvalue weighted by molar-refractivity contribution is 7.89.